The Labute approximate surface area is 189 Å². The highest BCUT2D eigenvalue weighted by Gasteiger charge is 2.04. The van der Waals surface area contributed by atoms with Crippen molar-refractivity contribution in [2.75, 3.05) is 13.2 Å². The molecular formula is C26H43ClO3. The van der Waals surface area contributed by atoms with Crippen LogP contribution in [0.3, 0.4) is 0 Å². The van der Waals surface area contributed by atoms with Crippen LogP contribution in [0.15, 0.2) is 18.2 Å². The van der Waals surface area contributed by atoms with E-state index in [-0.39, 0.29) is 5.97 Å². The van der Waals surface area contributed by atoms with E-state index in [1.165, 1.54) is 70.6 Å². The minimum atomic E-state index is -0.120. The Morgan fingerprint density at radius 1 is 0.800 bits per heavy atom. The van der Waals surface area contributed by atoms with Crippen LogP contribution in [0.5, 0.6) is 5.75 Å². The summed E-state index contributed by atoms with van der Waals surface area (Å²) in [5, 5.41) is 0.705. The number of hydrogen-bond acceptors (Lipinski definition) is 3. The maximum Gasteiger partial charge on any atom is 0.305 e. The van der Waals surface area contributed by atoms with Gasteiger partial charge in [-0.15, -0.1) is 0 Å². The van der Waals surface area contributed by atoms with Crippen LogP contribution in [-0.2, 0) is 9.53 Å². The molecule has 1 aromatic rings. The number of aryl methyl sites for hydroxylation is 1. The third-order valence-electron chi connectivity index (χ3n) is 5.43. The molecule has 0 amide bonds. The summed E-state index contributed by atoms with van der Waals surface area (Å²) in [5.74, 6) is 0.699. The molecule has 0 bridgehead atoms. The van der Waals surface area contributed by atoms with Gasteiger partial charge in [0.15, 0.2) is 0 Å². The van der Waals surface area contributed by atoms with E-state index in [4.69, 9.17) is 21.1 Å². The summed E-state index contributed by atoms with van der Waals surface area (Å²) < 4.78 is 11.0. The Balaban J connectivity index is 1.84. The lowest BCUT2D eigenvalue weighted by molar-refractivity contribution is -0.144. The van der Waals surface area contributed by atoms with Crippen molar-refractivity contribution in [2.24, 2.45) is 0 Å². The van der Waals surface area contributed by atoms with Crippen molar-refractivity contribution in [1.29, 1.82) is 0 Å². The molecule has 0 unspecified atom stereocenters. The third-order valence-corrected chi connectivity index (χ3v) is 5.67. The van der Waals surface area contributed by atoms with Gasteiger partial charge in [-0.2, -0.15) is 0 Å². The van der Waals surface area contributed by atoms with E-state index in [0.29, 0.717) is 31.1 Å². The molecule has 3 nitrogen and oxygen atoms in total. The molecule has 4 heteroatoms. The van der Waals surface area contributed by atoms with Gasteiger partial charge in [0.05, 0.1) is 13.2 Å². The Kier molecular flexibility index (Phi) is 16.6. The number of carbonyl (C=O) groups is 1. The molecule has 0 heterocycles. The van der Waals surface area contributed by atoms with Crippen molar-refractivity contribution in [3.63, 3.8) is 0 Å². The first-order valence-electron chi connectivity index (χ1n) is 12.2. The SMILES string of the molecule is CCCCCCCCCCCCCCCOC(=O)CCCOc1ccc(Cl)cc1C. The summed E-state index contributed by atoms with van der Waals surface area (Å²) in [6.45, 7) is 5.29. The highest BCUT2D eigenvalue weighted by molar-refractivity contribution is 6.30. The maximum atomic E-state index is 11.8. The number of esters is 1. The fourth-order valence-corrected chi connectivity index (χ4v) is 3.78. The van der Waals surface area contributed by atoms with Gasteiger partial charge >= 0.3 is 5.97 Å². The highest BCUT2D eigenvalue weighted by Crippen LogP contribution is 2.22. The molecule has 0 aliphatic carbocycles. The Morgan fingerprint density at radius 3 is 1.93 bits per heavy atom. The van der Waals surface area contributed by atoms with Crippen molar-refractivity contribution in [3.8, 4) is 5.75 Å². The standard InChI is InChI=1S/C26H43ClO3/c1-3-4-5-6-7-8-9-10-11-12-13-14-15-20-30-26(28)17-16-21-29-25-19-18-24(27)22-23(25)2/h18-19,22H,3-17,20-21H2,1-2H3. The van der Waals surface area contributed by atoms with E-state index in [9.17, 15) is 4.79 Å². The van der Waals surface area contributed by atoms with Crippen molar-refractivity contribution in [2.45, 2.75) is 110 Å². The lowest BCUT2D eigenvalue weighted by Gasteiger charge is -2.09. The van der Waals surface area contributed by atoms with Gasteiger partial charge in [-0.1, -0.05) is 95.6 Å². The topological polar surface area (TPSA) is 35.5 Å². The van der Waals surface area contributed by atoms with E-state index >= 15 is 0 Å². The molecule has 0 saturated heterocycles. The Morgan fingerprint density at radius 2 is 1.37 bits per heavy atom. The van der Waals surface area contributed by atoms with Gasteiger partial charge in [-0.05, 0) is 43.5 Å². The van der Waals surface area contributed by atoms with Crippen LogP contribution in [0, 0.1) is 6.92 Å². The molecular weight excluding hydrogens is 396 g/mol. The molecule has 0 radical (unpaired) electrons. The summed E-state index contributed by atoms with van der Waals surface area (Å²) in [6.07, 6.45) is 18.3. The number of ether oxygens (including phenoxy) is 2. The molecule has 0 aliphatic heterocycles. The molecule has 0 aliphatic rings. The smallest absolute Gasteiger partial charge is 0.305 e. The van der Waals surface area contributed by atoms with Crippen molar-refractivity contribution >= 4 is 17.6 Å². The predicted molar refractivity (Wildman–Crippen MR) is 128 cm³/mol. The van der Waals surface area contributed by atoms with Crippen LogP contribution in [-0.4, -0.2) is 19.2 Å². The number of hydrogen-bond donors (Lipinski definition) is 0. The fraction of sp³-hybridized carbons (Fsp3) is 0.731. The average molecular weight is 439 g/mol. The van der Waals surface area contributed by atoms with Crippen LogP contribution in [0.1, 0.15) is 109 Å². The average Bonchev–Trinajstić information content (AvgIpc) is 2.72. The van der Waals surface area contributed by atoms with E-state index in [2.05, 4.69) is 6.92 Å². The normalized spacial score (nSPS) is 10.9. The number of halogens is 1. The third kappa shape index (κ3) is 14.7. The zero-order chi connectivity index (χ0) is 21.9. The quantitative estimate of drug-likeness (QED) is 0.160. The van der Waals surface area contributed by atoms with Crippen LogP contribution >= 0.6 is 11.6 Å². The Bertz CT molecular complexity index is 559. The summed E-state index contributed by atoms with van der Waals surface area (Å²) in [4.78, 5) is 11.8. The first kappa shape index (κ1) is 26.8. The van der Waals surface area contributed by atoms with E-state index < -0.39 is 0 Å². The summed E-state index contributed by atoms with van der Waals surface area (Å²) >= 11 is 5.93. The molecule has 0 aromatic heterocycles. The second-order valence-electron chi connectivity index (χ2n) is 8.32. The van der Waals surface area contributed by atoms with Crippen LogP contribution in [0.4, 0.5) is 0 Å². The number of rotatable bonds is 19. The van der Waals surface area contributed by atoms with Gasteiger partial charge in [0.2, 0.25) is 0 Å². The molecule has 0 spiro atoms. The lowest BCUT2D eigenvalue weighted by Crippen LogP contribution is -2.08. The monoisotopic (exact) mass is 438 g/mol. The number of carbonyl (C=O) groups excluding carboxylic acids is 1. The molecule has 0 N–H and O–H groups in total. The lowest BCUT2D eigenvalue weighted by atomic mass is 10.0. The van der Waals surface area contributed by atoms with E-state index in [0.717, 1.165) is 24.2 Å². The van der Waals surface area contributed by atoms with Crippen LogP contribution < -0.4 is 4.74 Å². The van der Waals surface area contributed by atoms with Crippen LogP contribution in [0.2, 0.25) is 5.02 Å². The van der Waals surface area contributed by atoms with Crippen LogP contribution in [0.25, 0.3) is 0 Å². The number of unbranched alkanes of at least 4 members (excludes halogenated alkanes) is 12. The van der Waals surface area contributed by atoms with Gasteiger partial charge < -0.3 is 9.47 Å². The molecule has 0 saturated carbocycles. The zero-order valence-corrected chi connectivity index (χ0v) is 20.1. The number of benzene rings is 1. The van der Waals surface area contributed by atoms with Gasteiger partial charge in [-0.3, -0.25) is 4.79 Å². The fourth-order valence-electron chi connectivity index (χ4n) is 3.55. The predicted octanol–water partition coefficient (Wildman–Crippen LogP) is 8.44. The molecule has 1 rings (SSSR count). The maximum absolute atomic E-state index is 11.8. The second kappa shape index (κ2) is 18.5. The zero-order valence-electron chi connectivity index (χ0n) is 19.4. The van der Waals surface area contributed by atoms with Gasteiger partial charge in [0.25, 0.3) is 0 Å². The first-order valence-corrected chi connectivity index (χ1v) is 12.6. The van der Waals surface area contributed by atoms with Crippen molar-refractivity contribution in [1.82, 2.24) is 0 Å². The Hall–Kier alpha value is -1.22. The first-order chi connectivity index (χ1) is 14.6. The van der Waals surface area contributed by atoms with Gasteiger partial charge in [-0.25, -0.2) is 0 Å². The largest absolute Gasteiger partial charge is 0.493 e. The van der Waals surface area contributed by atoms with Crippen molar-refractivity contribution < 1.29 is 14.3 Å². The molecule has 0 atom stereocenters. The second-order valence-corrected chi connectivity index (χ2v) is 8.76. The summed E-state index contributed by atoms with van der Waals surface area (Å²) in [6, 6.07) is 5.55. The van der Waals surface area contributed by atoms with E-state index in [1.54, 1.807) is 0 Å². The molecule has 1 aromatic carbocycles. The van der Waals surface area contributed by atoms with Gasteiger partial charge in [0.1, 0.15) is 5.75 Å². The highest BCUT2D eigenvalue weighted by atomic mass is 35.5. The van der Waals surface area contributed by atoms with Gasteiger partial charge in [0, 0.05) is 11.4 Å². The minimum absolute atomic E-state index is 0.120. The molecule has 30 heavy (non-hydrogen) atoms. The van der Waals surface area contributed by atoms with Crippen molar-refractivity contribution in [3.05, 3.63) is 28.8 Å². The molecule has 0 fully saturated rings. The molecule has 172 valence electrons. The summed E-state index contributed by atoms with van der Waals surface area (Å²) in [5.41, 5.74) is 1.01. The minimum Gasteiger partial charge on any atom is -0.493 e. The summed E-state index contributed by atoms with van der Waals surface area (Å²) in [7, 11) is 0. The van der Waals surface area contributed by atoms with E-state index in [1.807, 2.05) is 25.1 Å².